The predicted octanol–water partition coefficient (Wildman–Crippen LogP) is 4.28. The third-order valence-corrected chi connectivity index (χ3v) is 5.62. The van der Waals surface area contributed by atoms with E-state index in [9.17, 15) is 10.1 Å². The van der Waals surface area contributed by atoms with Gasteiger partial charge in [-0.3, -0.25) is 4.79 Å². The van der Waals surface area contributed by atoms with Gasteiger partial charge in [-0.05, 0) is 74.4 Å². The molecule has 3 heterocycles. The van der Waals surface area contributed by atoms with Gasteiger partial charge in [-0.15, -0.1) is 0 Å². The maximum Gasteiger partial charge on any atom is 0.262 e. The van der Waals surface area contributed by atoms with Gasteiger partial charge >= 0.3 is 0 Å². The lowest BCUT2D eigenvalue weighted by Crippen LogP contribution is -2.24. The van der Waals surface area contributed by atoms with E-state index in [4.69, 9.17) is 4.74 Å². The van der Waals surface area contributed by atoms with Crippen molar-refractivity contribution in [2.75, 3.05) is 7.11 Å². The Balaban J connectivity index is 1.54. The zero-order chi connectivity index (χ0) is 23.5. The van der Waals surface area contributed by atoms with E-state index in [0.717, 1.165) is 45.3 Å². The first-order valence-electron chi connectivity index (χ1n) is 10.6. The summed E-state index contributed by atoms with van der Waals surface area (Å²) < 4.78 is 9.24. The van der Waals surface area contributed by atoms with Gasteiger partial charge in [0, 0.05) is 29.5 Å². The summed E-state index contributed by atoms with van der Waals surface area (Å²) >= 11 is 0. The van der Waals surface area contributed by atoms with Crippen LogP contribution in [0.15, 0.2) is 60.4 Å². The van der Waals surface area contributed by atoms with Gasteiger partial charge in [0.15, 0.2) is 0 Å². The van der Waals surface area contributed by atoms with Crippen LogP contribution in [-0.2, 0) is 11.3 Å². The van der Waals surface area contributed by atoms with Gasteiger partial charge in [0.25, 0.3) is 5.91 Å². The van der Waals surface area contributed by atoms with Crippen LogP contribution in [0.4, 0.5) is 0 Å². The van der Waals surface area contributed by atoms with Crippen LogP contribution in [0.3, 0.4) is 0 Å². The van der Waals surface area contributed by atoms with Crippen LogP contribution in [0.25, 0.3) is 17.4 Å². The molecule has 4 aromatic rings. The van der Waals surface area contributed by atoms with Crippen molar-refractivity contribution in [3.63, 3.8) is 0 Å². The van der Waals surface area contributed by atoms with Gasteiger partial charge < -0.3 is 19.0 Å². The van der Waals surface area contributed by atoms with E-state index in [-0.39, 0.29) is 12.1 Å². The quantitative estimate of drug-likeness (QED) is 0.359. The summed E-state index contributed by atoms with van der Waals surface area (Å²) in [5, 5.41) is 12.4. The highest BCUT2D eigenvalue weighted by Crippen LogP contribution is 2.24. The molecule has 1 N–H and O–H groups in total. The molecule has 166 valence electrons. The Kier molecular flexibility index (Phi) is 6.01. The number of methoxy groups -OCH3 is 1. The number of aromatic nitrogens is 3. The van der Waals surface area contributed by atoms with Crippen molar-refractivity contribution in [3.05, 3.63) is 88.6 Å². The molecule has 0 aliphatic rings. The van der Waals surface area contributed by atoms with Crippen molar-refractivity contribution < 1.29 is 9.53 Å². The number of hydrogen-bond acceptors (Lipinski definition) is 4. The van der Waals surface area contributed by atoms with E-state index >= 15 is 0 Å². The summed E-state index contributed by atoms with van der Waals surface area (Å²) in [5.41, 5.74) is 6.42. The number of nitrogens with zero attached hydrogens (tertiary/aromatic N) is 4. The van der Waals surface area contributed by atoms with Gasteiger partial charge in [0.2, 0.25) is 0 Å². The first-order chi connectivity index (χ1) is 15.9. The van der Waals surface area contributed by atoms with Crippen LogP contribution < -0.4 is 10.1 Å². The Bertz CT molecular complexity index is 1400. The standard InChI is InChI=1S/C26H25N5O2/c1-17-6-5-11-30-16-22(29-25(17)30)15-28-26(32)21(14-27)13-20-12-18(2)31(19(20)3)23-7-9-24(33-4)10-8-23/h5-13,16H,15H2,1-4H3,(H,28,32)/b21-13-. The number of amides is 1. The monoisotopic (exact) mass is 439 g/mol. The highest BCUT2D eigenvalue weighted by molar-refractivity contribution is 6.01. The van der Waals surface area contributed by atoms with E-state index in [1.165, 1.54) is 0 Å². The molecular weight excluding hydrogens is 414 g/mol. The number of aryl methyl sites for hydroxylation is 2. The number of hydrogen-bond donors (Lipinski definition) is 1. The molecule has 0 aliphatic heterocycles. The third-order valence-electron chi connectivity index (χ3n) is 5.62. The highest BCUT2D eigenvalue weighted by Gasteiger charge is 2.14. The summed E-state index contributed by atoms with van der Waals surface area (Å²) in [6.45, 7) is 6.19. The molecule has 0 unspecified atom stereocenters. The van der Waals surface area contributed by atoms with Crippen molar-refractivity contribution in [3.8, 4) is 17.5 Å². The second-order valence-electron chi connectivity index (χ2n) is 7.87. The number of carbonyl (C=O) groups excluding carboxylic acids is 1. The number of pyridine rings is 1. The van der Waals surface area contributed by atoms with Crippen LogP contribution in [-0.4, -0.2) is 27.0 Å². The molecule has 0 fully saturated rings. The lowest BCUT2D eigenvalue weighted by Gasteiger charge is -2.10. The minimum absolute atomic E-state index is 0.0462. The Labute approximate surface area is 192 Å². The van der Waals surface area contributed by atoms with Crippen LogP contribution in [0, 0.1) is 32.1 Å². The largest absolute Gasteiger partial charge is 0.497 e. The smallest absolute Gasteiger partial charge is 0.262 e. The SMILES string of the molecule is COc1ccc(-n2c(C)cc(/C=C(/C#N)C(=O)NCc3cn4cccc(C)c4n3)c2C)cc1. The normalized spacial score (nSPS) is 11.4. The molecule has 1 amide bonds. The Morgan fingerprint density at radius 3 is 2.64 bits per heavy atom. The number of ether oxygens (including phenoxy) is 1. The van der Waals surface area contributed by atoms with Crippen molar-refractivity contribution >= 4 is 17.6 Å². The Morgan fingerprint density at radius 1 is 1.21 bits per heavy atom. The average Bonchev–Trinajstić information content (AvgIpc) is 3.36. The molecule has 7 nitrogen and oxygen atoms in total. The molecule has 0 radical (unpaired) electrons. The van der Waals surface area contributed by atoms with Crippen LogP contribution >= 0.6 is 0 Å². The molecule has 0 saturated heterocycles. The zero-order valence-corrected chi connectivity index (χ0v) is 19.1. The van der Waals surface area contributed by atoms with Crippen molar-refractivity contribution in [2.24, 2.45) is 0 Å². The van der Waals surface area contributed by atoms with Crippen molar-refractivity contribution in [1.82, 2.24) is 19.3 Å². The summed E-state index contributed by atoms with van der Waals surface area (Å²) in [5.74, 6) is 0.353. The summed E-state index contributed by atoms with van der Waals surface area (Å²) in [7, 11) is 1.63. The molecule has 0 spiro atoms. The molecule has 4 rings (SSSR count). The fourth-order valence-corrected chi connectivity index (χ4v) is 3.92. The van der Waals surface area contributed by atoms with E-state index in [0.29, 0.717) is 0 Å². The first kappa shape index (κ1) is 21.9. The highest BCUT2D eigenvalue weighted by atomic mass is 16.5. The zero-order valence-electron chi connectivity index (χ0n) is 19.1. The number of benzene rings is 1. The third kappa shape index (κ3) is 4.37. The number of nitrogens with one attached hydrogen (secondary N) is 1. The number of nitriles is 1. The molecule has 0 atom stereocenters. The molecule has 7 heteroatoms. The minimum atomic E-state index is -0.430. The molecular formula is C26H25N5O2. The molecule has 3 aromatic heterocycles. The van der Waals surface area contributed by atoms with Gasteiger partial charge in [-0.2, -0.15) is 5.26 Å². The summed E-state index contributed by atoms with van der Waals surface area (Å²) in [6, 6.07) is 15.7. The Hall–Kier alpha value is -4.31. The molecule has 1 aromatic carbocycles. The fraction of sp³-hybridized carbons (Fsp3) is 0.192. The first-order valence-corrected chi connectivity index (χ1v) is 10.6. The summed E-state index contributed by atoms with van der Waals surface area (Å²) in [6.07, 6.45) is 5.42. The number of carbonyl (C=O) groups is 1. The van der Waals surface area contributed by atoms with E-state index in [1.54, 1.807) is 13.2 Å². The maximum absolute atomic E-state index is 12.7. The average molecular weight is 440 g/mol. The lowest BCUT2D eigenvalue weighted by molar-refractivity contribution is -0.117. The fourth-order valence-electron chi connectivity index (χ4n) is 3.92. The van der Waals surface area contributed by atoms with Gasteiger partial charge in [-0.1, -0.05) is 6.07 Å². The second-order valence-corrected chi connectivity index (χ2v) is 7.87. The van der Waals surface area contributed by atoms with E-state index in [1.807, 2.05) is 86.1 Å². The number of fused-ring (bicyclic) bond motifs is 1. The van der Waals surface area contributed by atoms with Crippen LogP contribution in [0.1, 0.15) is 28.2 Å². The van der Waals surface area contributed by atoms with Crippen molar-refractivity contribution in [2.45, 2.75) is 27.3 Å². The molecule has 33 heavy (non-hydrogen) atoms. The van der Waals surface area contributed by atoms with E-state index in [2.05, 4.69) is 14.9 Å². The predicted molar refractivity (Wildman–Crippen MR) is 127 cm³/mol. The van der Waals surface area contributed by atoms with Crippen molar-refractivity contribution in [1.29, 1.82) is 5.26 Å². The lowest BCUT2D eigenvalue weighted by atomic mass is 10.1. The Morgan fingerprint density at radius 2 is 1.97 bits per heavy atom. The topological polar surface area (TPSA) is 84.3 Å². The maximum atomic E-state index is 12.7. The number of rotatable bonds is 6. The second kappa shape index (κ2) is 9.05. The molecule has 0 saturated carbocycles. The van der Waals surface area contributed by atoms with Gasteiger partial charge in [-0.25, -0.2) is 4.98 Å². The van der Waals surface area contributed by atoms with E-state index < -0.39 is 5.91 Å². The molecule has 0 aliphatic carbocycles. The van der Waals surface area contributed by atoms with Gasteiger partial charge in [0.1, 0.15) is 23.0 Å². The number of imidazole rings is 1. The van der Waals surface area contributed by atoms with Gasteiger partial charge in [0.05, 0.1) is 19.3 Å². The van der Waals surface area contributed by atoms with Crippen LogP contribution in [0.5, 0.6) is 5.75 Å². The minimum Gasteiger partial charge on any atom is -0.497 e. The summed E-state index contributed by atoms with van der Waals surface area (Å²) in [4.78, 5) is 17.3. The van der Waals surface area contributed by atoms with Crippen LogP contribution in [0.2, 0.25) is 0 Å². The molecule has 0 bridgehead atoms.